The fourth-order valence-electron chi connectivity index (χ4n) is 4.72. The molecule has 0 saturated carbocycles. The van der Waals surface area contributed by atoms with E-state index >= 15 is 0 Å². The third-order valence-corrected chi connectivity index (χ3v) is 9.47. The molecule has 0 fully saturated rings. The third kappa shape index (κ3) is 8.88. The van der Waals surface area contributed by atoms with Crippen molar-refractivity contribution in [1.82, 2.24) is 15.3 Å². The van der Waals surface area contributed by atoms with Crippen LogP contribution in [0.15, 0.2) is 150 Å². The monoisotopic (exact) mass is 701 g/mol. The number of benzene rings is 4. The molecule has 3 N–H and O–H groups in total. The zero-order valence-corrected chi connectivity index (χ0v) is 28.1. The smallest absolute Gasteiger partial charge is 0.272 e. The fourth-order valence-corrected chi connectivity index (χ4v) is 6.69. The van der Waals surface area contributed by atoms with Crippen LogP contribution in [0, 0.1) is 0 Å². The van der Waals surface area contributed by atoms with Gasteiger partial charge in [-0.3, -0.25) is 19.4 Å². The lowest BCUT2D eigenvalue weighted by Crippen LogP contribution is -2.30. The molecule has 3 amide bonds. The van der Waals surface area contributed by atoms with E-state index in [2.05, 4.69) is 25.9 Å². The Morgan fingerprint density at radius 2 is 1.51 bits per heavy atom. The molecule has 0 spiro atoms. The lowest BCUT2D eigenvalue weighted by Gasteiger charge is -2.17. The molecule has 0 saturated heterocycles. The van der Waals surface area contributed by atoms with Gasteiger partial charge < -0.3 is 16.0 Å². The summed E-state index contributed by atoms with van der Waals surface area (Å²) in [6, 6.07) is 36.3. The molecule has 6 aromatic rings. The number of hydrogen-bond acceptors (Lipinski definition) is 7. The van der Waals surface area contributed by atoms with Crippen LogP contribution in [0.2, 0.25) is 5.02 Å². The van der Waals surface area contributed by atoms with Crippen LogP contribution >= 0.6 is 34.7 Å². The van der Waals surface area contributed by atoms with Gasteiger partial charge in [0.15, 0.2) is 5.13 Å². The van der Waals surface area contributed by atoms with Crippen LogP contribution in [0.3, 0.4) is 0 Å². The van der Waals surface area contributed by atoms with Gasteiger partial charge in [-0.1, -0.05) is 84.4 Å². The average Bonchev–Trinajstić information content (AvgIpc) is 3.60. The second-order valence-corrected chi connectivity index (χ2v) is 13.0. The molecule has 8 nitrogen and oxygen atoms in total. The minimum Gasteiger partial charge on any atom is -0.321 e. The molecule has 6 rings (SSSR count). The van der Waals surface area contributed by atoms with Crippen molar-refractivity contribution in [2.45, 2.75) is 10.1 Å². The Morgan fingerprint density at radius 1 is 0.796 bits per heavy atom. The number of rotatable bonds is 11. The SMILES string of the molecule is O=C(Nc1ccc(SC(C(=O)Nc2nc(-c3ccccc3Cl)cs2)c2ccccc2)cc1)/C(=C/c1cccnc1)NC(=O)c1ccccc1. The maximum Gasteiger partial charge on any atom is 0.272 e. The number of halogens is 1. The zero-order chi connectivity index (χ0) is 34.0. The quantitative estimate of drug-likeness (QED) is 0.0920. The first-order valence-corrected chi connectivity index (χ1v) is 17.2. The Morgan fingerprint density at radius 3 is 2.22 bits per heavy atom. The molecule has 4 aromatic carbocycles. The minimum absolute atomic E-state index is 0.0565. The van der Waals surface area contributed by atoms with Crippen molar-refractivity contribution in [3.63, 3.8) is 0 Å². The van der Waals surface area contributed by atoms with Crippen molar-refractivity contribution >= 4 is 69.3 Å². The highest BCUT2D eigenvalue weighted by Crippen LogP contribution is 2.37. The second kappa shape index (κ2) is 16.0. The first kappa shape index (κ1) is 33.4. The Labute approximate surface area is 296 Å². The van der Waals surface area contributed by atoms with Crippen LogP contribution in [-0.4, -0.2) is 27.7 Å². The number of carbonyl (C=O) groups is 3. The van der Waals surface area contributed by atoms with Crippen LogP contribution in [0.5, 0.6) is 0 Å². The number of amides is 3. The summed E-state index contributed by atoms with van der Waals surface area (Å²) in [5.74, 6) is -1.15. The zero-order valence-electron chi connectivity index (χ0n) is 25.7. The Kier molecular flexibility index (Phi) is 10.9. The number of nitrogens with zero attached hydrogens (tertiary/aromatic N) is 2. The van der Waals surface area contributed by atoms with Gasteiger partial charge in [0, 0.05) is 44.5 Å². The van der Waals surface area contributed by atoms with Crippen LogP contribution in [0.25, 0.3) is 17.3 Å². The predicted octanol–water partition coefficient (Wildman–Crippen LogP) is 8.74. The van der Waals surface area contributed by atoms with Crippen molar-refractivity contribution in [2.24, 2.45) is 0 Å². The highest BCUT2D eigenvalue weighted by molar-refractivity contribution is 8.00. The summed E-state index contributed by atoms with van der Waals surface area (Å²) < 4.78 is 0. The van der Waals surface area contributed by atoms with Gasteiger partial charge in [0.2, 0.25) is 5.91 Å². The van der Waals surface area contributed by atoms with E-state index < -0.39 is 17.1 Å². The molecular formula is C38H28ClN5O3S2. The topological polar surface area (TPSA) is 113 Å². The van der Waals surface area contributed by atoms with E-state index in [1.807, 2.05) is 72.1 Å². The molecule has 0 aliphatic carbocycles. The van der Waals surface area contributed by atoms with Gasteiger partial charge in [-0.2, -0.15) is 0 Å². The summed E-state index contributed by atoms with van der Waals surface area (Å²) in [5.41, 5.74) is 3.94. The maximum absolute atomic E-state index is 13.7. The molecule has 0 bridgehead atoms. The van der Waals surface area contributed by atoms with Crippen LogP contribution in [0.1, 0.15) is 26.7 Å². The van der Waals surface area contributed by atoms with Crippen molar-refractivity contribution in [3.05, 3.63) is 167 Å². The molecule has 0 aliphatic heterocycles. The highest BCUT2D eigenvalue weighted by atomic mass is 35.5. The number of aromatic nitrogens is 2. The molecule has 2 aromatic heterocycles. The van der Waals surface area contributed by atoms with Crippen molar-refractivity contribution in [2.75, 3.05) is 10.6 Å². The Hall–Kier alpha value is -5.55. The van der Waals surface area contributed by atoms with E-state index in [1.165, 1.54) is 23.1 Å². The molecule has 1 unspecified atom stereocenters. The van der Waals surface area contributed by atoms with Gasteiger partial charge in [-0.25, -0.2) is 4.98 Å². The number of hydrogen-bond donors (Lipinski definition) is 3. The first-order valence-electron chi connectivity index (χ1n) is 15.1. The normalized spacial score (nSPS) is 11.7. The summed E-state index contributed by atoms with van der Waals surface area (Å²) in [5, 5.41) is 10.9. The molecule has 1 atom stereocenters. The molecule has 242 valence electrons. The van der Waals surface area contributed by atoms with Crippen molar-refractivity contribution < 1.29 is 14.4 Å². The van der Waals surface area contributed by atoms with E-state index in [0.717, 1.165) is 16.0 Å². The Bertz CT molecular complexity index is 2090. The number of thioether (sulfide) groups is 1. The van der Waals surface area contributed by atoms with E-state index in [-0.39, 0.29) is 11.6 Å². The summed E-state index contributed by atoms with van der Waals surface area (Å²) in [6.07, 6.45) is 4.79. The predicted molar refractivity (Wildman–Crippen MR) is 197 cm³/mol. The molecule has 11 heteroatoms. The van der Waals surface area contributed by atoms with Gasteiger partial charge in [-0.15, -0.1) is 23.1 Å². The number of pyridine rings is 1. The third-order valence-electron chi connectivity index (χ3n) is 7.11. The van der Waals surface area contributed by atoms with Gasteiger partial charge >= 0.3 is 0 Å². The molecular weight excluding hydrogens is 674 g/mol. The lowest BCUT2D eigenvalue weighted by molar-refractivity contribution is -0.116. The second-order valence-electron chi connectivity index (χ2n) is 10.6. The molecule has 0 aliphatic rings. The van der Waals surface area contributed by atoms with Crippen LogP contribution < -0.4 is 16.0 Å². The van der Waals surface area contributed by atoms with Crippen LogP contribution in [0.4, 0.5) is 10.8 Å². The van der Waals surface area contributed by atoms with Gasteiger partial charge in [0.25, 0.3) is 11.8 Å². The Balaban J connectivity index is 1.16. The molecule has 49 heavy (non-hydrogen) atoms. The standard InChI is InChI=1S/C38H28ClN5O3S2/c39-31-16-8-7-15-30(31)33-24-48-38(43-33)44-37(47)34(26-11-3-1-4-12-26)49-29-19-17-28(18-20-29)41-36(46)32(22-25-10-9-21-40-23-25)42-35(45)27-13-5-2-6-14-27/h1-24,34H,(H,41,46)(H,42,45)(H,43,44,47)/b32-22-. The van der Waals surface area contributed by atoms with E-state index in [0.29, 0.717) is 32.7 Å². The summed E-state index contributed by atoms with van der Waals surface area (Å²) >= 11 is 9.05. The first-order chi connectivity index (χ1) is 23.9. The summed E-state index contributed by atoms with van der Waals surface area (Å²) in [6.45, 7) is 0. The minimum atomic E-state index is -0.587. The van der Waals surface area contributed by atoms with Gasteiger partial charge in [0.05, 0.1) is 5.69 Å². The maximum atomic E-state index is 13.7. The van der Waals surface area contributed by atoms with Gasteiger partial charge in [-0.05, 0) is 65.7 Å². The van der Waals surface area contributed by atoms with Crippen molar-refractivity contribution in [1.29, 1.82) is 0 Å². The number of thiazole rings is 1. The van der Waals surface area contributed by atoms with Crippen molar-refractivity contribution in [3.8, 4) is 11.3 Å². The van der Waals surface area contributed by atoms with Crippen LogP contribution in [-0.2, 0) is 9.59 Å². The highest BCUT2D eigenvalue weighted by Gasteiger charge is 2.24. The largest absolute Gasteiger partial charge is 0.321 e. The number of anilines is 2. The summed E-state index contributed by atoms with van der Waals surface area (Å²) in [7, 11) is 0. The number of nitrogens with one attached hydrogen (secondary N) is 3. The van der Waals surface area contributed by atoms with Gasteiger partial charge in [0.1, 0.15) is 10.9 Å². The molecule has 2 heterocycles. The van der Waals surface area contributed by atoms with E-state index in [4.69, 9.17) is 11.6 Å². The molecule has 0 radical (unpaired) electrons. The van der Waals surface area contributed by atoms with E-state index in [9.17, 15) is 14.4 Å². The fraction of sp³-hybridized carbons (Fsp3) is 0.0263. The average molecular weight is 702 g/mol. The summed E-state index contributed by atoms with van der Waals surface area (Å²) in [4.78, 5) is 49.5. The number of carbonyl (C=O) groups excluding carboxylic acids is 3. The lowest BCUT2D eigenvalue weighted by atomic mass is 10.1. The van der Waals surface area contributed by atoms with E-state index in [1.54, 1.807) is 73.1 Å².